The minimum Gasteiger partial charge on any atom is -0.472 e. The molecular weight excluding hydrogens is 525 g/mol. The second kappa shape index (κ2) is 11.1. The number of hydrogen-bond donors (Lipinski definition) is 1. The van der Waals surface area contributed by atoms with Crippen LogP contribution in [0.15, 0.2) is 36.5 Å². The lowest BCUT2D eigenvalue weighted by Gasteiger charge is -2.45. The van der Waals surface area contributed by atoms with Crippen LogP contribution >= 0.6 is 7.14 Å². The fourth-order valence-electron chi connectivity index (χ4n) is 4.84. The van der Waals surface area contributed by atoms with Gasteiger partial charge in [0.05, 0.1) is 12.7 Å². The van der Waals surface area contributed by atoms with Crippen molar-refractivity contribution in [2.45, 2.75) is 91.0 Å². The molecule has 0 aliphatic carbocycles. The molecule has 1 amide bonds. The van der Waals surface area contributed by atoms with Crippen molar-refractivity contribution in [1.82, 2.24) is 19.5 Å². The third-order valence-corrected chi connectivity index (χ3v) is 8.72. The van der Waals surface area contributed by atoms with Gasteiger partial charge in [-0.2, -0.15) is 14.6 Å². The van der Waals surface area contributed by atoms with E-state index in [1.807, 2.05) is 57.3 Å². The lowest BCUT2D eigenvalue weighted by Crippen LogP contribution is -2.56. The highest BCUT2D eigenvalue weighted by Gasteiger charge is 2.40. The number of rotatable bonds is 7. The van der Waals surface area contributed by atoms with Gasteiger partial charge in [-0.3, -0.25) is 4.90 Å². The van der Waals surface area contributed by atoms with Gasteiger partial charge in [-0.25, -0.2) is 4.79 Å². The van der Waals surface area contributed by atoms with Crippen molar-refractivity contribution in [1.29, 1.82) is 0 Å². The van der Waals surface area contributed by atoms with Crippen molar-refractivity contribution in [2.75, 3.05) is 25.2 Å². The van der Waals surface area contributed by atoms with E-state index >= 15 is 0 Å². The number of carbonyl (C=O) groups is 1. The van der Waals surface area contributed by atoms with Gasteiger partial charge in [0.1, 0.15) is 24.7 Å². The fraction of sp³-hybridized carbons (Fsp3) is 0.567. The zero-order valence-electron chi connectivity index (χ0n) is 25.3. The number of aromatic nitrogens is 3. The van der Waals surface area contributed by atoms with Crippen molar-refractivity contribution in [3.05, 3.63) is 47.7 Å². The Hall–Kier alpha value is -3.06. The minimum atomic E-state index is -2.36. The third kappa shape index (κ3) is 6.98. The van der Waals surface area contributed by atoms with Crippen LogP contribution in [0.25, 0.3) is 5.65 Å². The molecule has 0 spiro atoms. The van der Waals surface area contributed by atoms with Crippen LogP contribution in [0.4, 0.5) is 10.6 Å². The monoisotopic (exact) mass is 569 g/mol. The van der Waals surface area contributed by atoms with Gasteiger partial charge in [0.15, 0.2) is 5.65 Å². The van der Waals surface area contributed by atoms with Gasteiger partial charge in [-0.1, -0.05) is 32.0 Å². The molecule has 0 bridgehead atoms. The van der Waals surface area contributed by atoms with Gasteiger partial charge >= 0.3 is 6.09 Å². The first-order valence-electron chi connectivity index (χ1n) is 14.0. The molecule has 2 aromatic heterocycles. The molecule has 40 heavy (non-hydrogen) atoms. The number of likely N-dealkylation sites (tertiary alicyclic amines) is 1. The van der Waals surface area contributed by atoms with Crippen molar-refractivity contribution in [2.24, 2.45) is 0 Å². The summed E-state index contributed by atoms with van der Waals surface area (Å²) in [6.07, 6.45) is 2.86. The zero-order chi connectivity index (χ0) is 29.5. The van der Waals surface area contributed by atoms with E-state index in [0.29, 0.717) is 19.0 Å². The van der Waals surface area contributed by atoms with Crippen molar-refractivity contribution in [3.63, 3.8) is 0 Å². The van der Waals surface area contributed by atoms with Crippen molar-refractivity contribution < 1.29 is 18.8 Å². The number of amides is 1. The molecule has 1 aliphatic heterocycles. The Labute approximate surface area is 238 Å². The van der Waals surface area contributed by atoms with E-state index in [9.17, 15) is 9.36 Å². The number of benzene rings is 1. The second-order valence-electron chi connectivity index (χ2n) is 13.0. The Balaban J connectivity index is 1.60. The molecule has 0 unspecified atom stereocenters. The lowest BCUT2D eigenvalue weighted by atomic mass is 9.89. The fourth-order valence-corrected chi connectivity index (χ4v) is 5.76. The average molecular weight is 570 g/mol. The van der Waals surface area contributed by atoms with Crippen molar-refractivity contribution in [3.8, 4) is 5.88 Å². The second-order valence-corrected chi connectivity index (χ2v) is 16.2. The van der Waals surface area contributed by atoms with Crippen LogP contribution in [0.1, 0.15) is 78.4 Å². The van der Waals surface area contributed by atoms with Crippen molar-refractivity contribution >= 4 is 30.0 Å². The SMILES string of the molecule is CC(C)c1cnn2c(NCc3cccc(P(C)(C)=O)c3)cc(O[C@@H]3CCC(C)(C)N(C(=O)OC(C)(C)C)C3)nc12. The third-order valence-electron chi connectivity index (χ3n) is 7.20. The molecule has 3 aromatic rings. The quantitative estimate of drug-likeness (QED) is 0.335. The Bertz CT molecular complexity index is 1420. The average Bonchev–Trinajstić information content (AvgIpc) is 3.26. The van der Waals surface area contributed by atoms with Gasteiger partial charge in [0, 0.05) is 29.0 Å². The number of nitrogens with one attached hydrogen (secondary N) is 1. The molecule has 1 aromatic carbocycles. The Morgan fingerprint density at radius 3 is 2.60 bits per heavy atom. The number of fused-ring (bicyclic) bond motifs is 1. The lowest BCUT2D eigenvalue weighted by molar-refractivity contribution is -0.0295. The van der Waals surface area contributed by atoms with Gasteiger partial charge in [0.25, 0.3) is 0 Å². The molecule has 4 rings (SSSR count). The zero-order valence-corrected chi connectivity index (χ0v) is 26.2. The first kappa shape index (κ1) is 29.9. The maximum Gasteiger partial charge on any atom is 0.410 e. The maximum absolute atomic E-state index is 13.0. The number of ether oxygens (including phenoxy) is 2. The van der Waals surface area contributed by atoms with Crippen LogP contribution in [0, 0.1) is 0 Å². The Morgan fingerprint density at radius 2 is 1.95 bits per heavy atom. The standard InChI is InChI=1S/C30H44N5O4P/c1-20(2)24-18-32-35-25(31-17-21-11-10-12-23(15-21)40(8,9)37)16-26(33-27(24)35)38-22-13-14-30(6,7)34(19-22)28(36)39-29(3,4)5/h10-12,15-16,18,20,22,31H,13-14,17,19H2,1-9H3/t22-/m1/s1. The van der Waals surface area contributed by atoms with Crippen LogP contribution in [-0.4, -0.2) is 62.7 Å². The Morgan fingerprint density at radius 1 is 1.23 bits per heavy atom. The van der Waals surface area contributed by atoms with E-state index in [0.717, 1.165) is 40.7 Å². The highest BCUT2D eigenvalue weighted by Crippen LogP contribution is 2.35. The Kier molecular flexibility index (Phi) is 8.28. The van der Waals surface area contributed by atoms with Crippen LogP contribution < -0.4 is 15.4 Å². The van der Waals surface area contributed by atoms with E-state index in [2.05, 4.69) is 38.1 Å². The van der Waals surface area contributed by atoms with Crippen LogP contribution in [0.5, 0.6) is 5.88 Å². The van der Waals surface area contributed by atoms with Crippen LogP contribution in [0.3, 0.4) is 0 Å². The number of nitrogens with zero attached hydrogens (tertiary/aromatic N) is 4. The summed E-state index contributed by atoms with van der Waals surface area (Å²) < 4.78 is 26.5. The molecule has 9 nitrogen and oxygen atoms in total. The minimum absolute atomic E-state index is 0.228. The summed E-state index contributed by atoms with van der Waals surface area (Å²) >= 11 is 0. The summed E-state index contributed by atoms with van der Waals surface area (Å²) in [5.74, 6) is 1.45. The van der Waals surface area contributed by atoms with E-state index in [1.54, 1.807) is 22.7 Å². The molecule has 1 saturated heterocycles. The number of carbonyl (C=O) groups excluding carboxylic acids is 1. The molecule has 1 fully saturated rings. The molecule has 3 heterocycles. The summed E-state index contributed by atoms with van der Waals surface area (Å²) in [6, 6.07) is 9.71. The first-order valence-corrected chi connectivity index (χ1v) is 16.6. The normalized spacial score (nSPS) is 17.8. The molecule has 0 radical (unpaired) electrons. The molecule has 1 atom stereocenters. The highest BCUT2D eigenvalue weighted by molar-refractivity contribution is 7.70. The smallest absolute Gasteiger partial charge is 0.410 e. The predicted molar refractivity (Wildman–Crippen MR) is 161 cm³/mol. The maximum atomic E-state index is 13.0. The van der Waals surface area contributed by atoms with Gasteiger partial charge in [0.2, 0.25) is 5.88 Å². The largest absolute Gasteiger partial charge is 0.472 e. The van der Waals surface area contributed by atoms with E-state index in [-0.39, 0.29) is 23.7 Å². The summed E-state index contributed by atoms with van der Waals surface area (Å²) in [4.78, 5) is 19.7. The van der Waals surface area contributed by atoms with Gasteiger partial charge in [-0.15, -0.1) is 0 Å². The molecule has 1 N–H and O–H groups in total. The predicted octanol–water partition coefficient (Wildman–Crippen LogP) is 6.27. The van der Waals surface area contributed by atoms with Gasteiger partial charge < -0.3 is 19.4 Å². The highest BCUT2D eigenvalue weighted by atomic mass is 31.2. The molecule has 10 heteroatoms. The molecular formula is C30H44N5O4P. The number of hydrogen-bond acceptors (Lipinski definition) is 7. The van der Waals surface area contributed by atoms with E-state index in [1.165, 1.54) is 0 Å². The van der Waals surface area contributed by atoms with Gasteiger partial charge in [-0.05, 0) is 78.3 Å². The van der Waals surface area contributed by atoms with E-state index in [4.69, 9.17) is 14.5 Å². The summed E-state index contributed by atoms with van der Waals surface area (Å²) in [7, 11) is -2.36. The van der Waals surface area contributed by atoms with E-state index < -0.39 is 12.7 Å². The first-order chi connectivity index (χ1) is 18.5. The topological polar surface area (TPSA) is 98.1 Å². The summed E-state index contributed by atoms with van der Waals surface area (Å²) in [5.41, 5.74) is 1.86. The summed E-state index contributed by atoms with van der Waals surface area (Å²) in [5, 5.41) is 8.95. The van der Waals surface area contributed by atoms with Crippen LogP contribution in [-0.2, 0) is 15.8 Å². The summed E-state index contributed by atoms with van der Waals surface area (Å²) in [6.45, 7) is 18.5. The molecule has 0 saturated carbocycles. The molecule has 1 aliphatic rings. The number of anilines is 1. The number of piperidine rings is 1. The van der Waals surface area contributed by atoms with Crippen LogP contribution in [0.2, 0.25) is 0 Å². The molecule has 218 valence electrons.